The minimum atomic E-state index is 0.517. The number of para-hydroxylation sites is 2. The highest BCUT2D eigenvalue weighted by molar-refractivity contribution is 5.70. The molecule has 0 unspecified atom stereocenters. The Kier molecular flexibility index (Phi) is 6.49. The number of nitrogens with zero attached hydrogens (tertiary/aromatic N) is 4. The average Bonchev–Trinajstić information content (AvgIpc) is 3.18. The molecule has 168 valence electrons. The second-order valence-corrected chi connectivity index (χ2v) is 8.44. The Hall–Kier alpha value is -4.17. The number of fused-ring (bicyclic) bond motifs is 4. The fourth-order valence-corrected chi connectivity index (χ4v) is 4.65. The molecular formula is C29H27N5. The molecule has 1 N–H and O–H groups in total. The number of hydrogen-bond donors (Lipinski definition) is 1. The first-order valence-corrected chi connectivity index (χ1v) is 11.8. The van der Waals surface area contributed by atoms with Crippen LogP contribution in [0.25, 0.3) is 0 Å². The van der Waals surface area contributed by atoms with Gasteiger partial charge in [0.2, 0.25) is 0 Å². The summed E-state index contributed by atoms with van der Waals surface area (Å²) in [6.45, 7) is 0.714. The van der Waals surface area contributed by atoms with Crippen LogP contribution in [0.1, 0.15) is 28.9 Å². The Bertz CT molecular complexity index is 1230. The lowest BCUT2D eigenvalue weighted by Crippen LogP contribution is -2.19. The molecule has 4 aromatic rings. The summed E-state index contributed by atoms with van der Waals surface area (Å²) >= 11 is 0. The molecule has 0 aliphatic carbocycles. The van der Waals surface area contributed by atoms with Crippen molar-refractivity contribution in [3.63, 3.8) is 0 Å². The molecule has 5 heteroatoms. The molecule has 0 atom stereocenters. The number of hydrogen-bond acceptors (Lipinski definition) is 5. The number of aromatic nitrogens is 2. The van der Waals surface area contributed by atoms with E-state index in [4.69, 9.17) is 5.26 Å². The molecule has 5 nitrogen and oxygen atoms in total. The number of benzene rings is 2. The smallest absolute Gasteiger partial charge is 0.0643 e. The van der Waals surface area contributed by atoms with E-state index in [-0.39, 0.29) is 0 Å². The van der Waals surface area contributed by atoms with Crippen LogP contribution in [0.5, 0.6) is 0 Å². The van der Waals surface area contributed by atoms with E-state index < -0.39 is 0 Å². The highest BCUT2D eigenvalue weighted by Gasteiger charge is 2.20. The van der Waals surface area contributed by atoms with E-state index >= 15 is 0 Å². The van der Waals surface area contributed by atoms with Gasteiger partial charge in [0.05, 0.1) is 35.3 Å². The molecule has 34 heavy (non-hydrogen) atoms. The molecule has 2 aliphatic heterocycles. The van der Waals surface area contributed by atoms with Crippen LogP contribution < -0.4 is 10.2 Å². The molecule has 2 aliphatic rings. The summed E-state index contributed by atoms with van der Waals surface area (Å²) in [6, 6.07) is 27.2. The average molecular weight is 446 g/mol. The van der Waals surface area contributed by atoms with Gasteiger partial charge in [0.15, 0.2) is 0 Å². The Morgan fingerprint density at radius 2 is 1.35 bits per heavy atom. The van der Waals surface area contributed by atoms with Crippen LogP contribution in [0, 0.1) is 11.3 Å². The molecule has 6 rings (SSSR count). The number of aryl methyl sites for hydroxylation is 4. The predicted molar refractivity (Wildman–Crippen MR) is 137 cm³/mol. The van der Waals surface area contributed by atoms with Gasteiger partial charge < -0.3 is 10.2 Å². The third-order valence-electron chi connectivity index (χ3n) is 6.33. The minimum absolute atomic E-state index is 0.517. The zero-order chi connectivity index (χ0) is 23.2. The lowest BCUT2D eigenvalue weighted by atomic mass is 10.1. The van der Waals surface area contributed by atoms with Crippen LogP contribution >= 0.6 is 0 Å². The number of pyridine rings is 2. The molecule has 2 aromatic carbocycles. The molecule has 0 bridgehead atoms. The van der Waals surface area contributed by atoms with Crippen molar-refractivity contribution < 1.29 is 0 Å². The second kappa shape index (κ2) is 10.2. The lowest BCUT2D eigenvalue weighted by molar-refractivity contribution is 0.920. The van der Waals surface area contributed by atoms with Crippen molar-refractivity contribution in [2.45, 2.75) is 32.1 Å². The van der Waals surface area contributed by atoms with Crippen molar-refractivity contribution in [3.8, 4) is 6.07 Å². The van der Waals surface area contributed by atoms with Gasteiger partial charge in [0, 0.05) is 30.3 Å². The van der Waals surface area contributed by atoms with Gasteiger partial charge in [-0.25, -0.2) is 0 Å². The second-order valence-electron chi connectivity index (χ2n) is 8.44. The zero-order valence-electron chi connectivity index (χ0n) is 19.1. The summed E-state index contributed by atoms with van der Waals surface area (Å²) in [5, 5.41) is 12.3. The van der Waals surface area contributed by atoms with Crippen molar-refractivity contribution in [3.05, 3.63) is 108 Å². The first-order chi connectivity index (χ1) is 16.8. The Morgan fingerprint density at radius 1 is 0.706 bits per heavy atom. The summed E-state index contributed by atoms with van der Waals surface area (Å²) in [5.41, 5.74) is 9.69. The summed E-state index contributed by atoms with van der Waals surface area (Å²) in [7, 11) is 0. The van der Waals surface area contributed by atoms with Crippen molar-refractivity contribution in [1.82, 2.24) is 9.97 Å². The van der Waals surface area contributed by atoms with E-state index in [0.717, 1.165) is 48.4 Å². The monoisotopic (exact) mass is 445 g/mol. The standard InChI is InChI=1S/C16H15N3.C13H12N2/c17-10-4-12-19-15-6-2-1-5-13(15)8-9-14-16(19)7-3-11-18-14;1-2-5-11-10(4-1)7-8-12-13(15-11)6-3-9-14-12/h1-3,5-7,11H,4,8-9,12H2;1-6,9,15H,7-8H2. The first-order valence-electron chi connectivity index (χ1n) is 11.8. The minimum Gasteiger partial charge on any atom is -0.354 e. The van der Waals surface area contributed by atoms with E-state index in [1.165, 1.54) is 22.5 Å². The number of nitriles is 1. The van der Waals surface area contributed by atoms with Crippen molar-refractivity contribution in [2.24, 2.45) is 0 Å². The van der Waals surface area contributed by atoms with Gasteiger partial charge in [-0.3, -0.25) is 9.97 Å². The Morgan fingerprint density at radius 3 is 2.24 bits per heavy atom. The molecule has 0 spiro atoms. The van der Waals surface area contributed by atoms with E-state index in [9.17, 15) is 0 Å². The first kappa shape index (κ1) is 21.7. The van der Waals surface area contributed by atoms with Gasteiger partial charge in [-0.15, -0.1) is 0 Å². The fraction of sp³-hybridized carbons (Fsp3) is 0.207. The maximum Gasteiger partial charge on any atom is 0.0643 e. The molecule has 0 fully saturated rings. The van der Waals surface area contributed by atoms with E-state index in [0.29, 0.717) is 13.0 Å². The number of anilines is 4. The number of nitrogens with one attached hydrogen (secondary N) is 1. The zero-order valence-corrected chi connectivity index (χ0v) is 19.1. The maximum atomic E-state index is 8.87. The largest absolute Gasteiger partial charge is 0.354 e. The van der Waals surface area contributed by atoms with Gasteiger partial charge in [-0.1, -0.05) is 36.4 Å². The van der Waals surface area contributed by atoms with Gasteiger partial charge in [0.1, 0.15) is 0 Å². The fourth-order valence-electron chi connectivity index (χ4n) is 4.65. The Labute approximate surface area is 200 Å². The van der Waals surface area contributed by atoms with Crippen molar-refractivity contribution in [1.29, 1.82) is 5.26 Å². The highest BCUT2D eigenvalue weighted by atomic mass is 15.1. The predicted octanol–water partition coefficient (Wildman–Crippen LogP) is 6.16. The van der Waals surface area contributed by atoms with Gasteiger partial charge >= 0.3 is 0 Å². The van der Waals surface area contributed by atoms with Crippen LogP contribution in [0.3, 0.4) is 0 Å². The molecule has 0 amide bonds. The van der Waals surface area contributed by atoms with Gasteiger partial charge in [-0.2, -0.15) is 5.26 Å². The molecule has 0 saturated carbocycles. The third kappa shape index (κ3) is 4.62. The van der Waals surface area contributed by atoms with Crippen molar-refractivity contribution >= 4 is 22.7 Å². The van der Waals surface area contributed by atoms with E-state index in [2.05, 4.69) is 86.9 Å². The summed E-state index contributed by atoms with van der Waals surface area (Å²) in [6.07, 6.45) is 8.25. The molecule has 4 heterocycles. The van der Waals surface area contributed by atoms with Crippen molar-refractivity contribution in [2.75, 3.05) is 16.8 Å². The van der Waals surface area contributed by atoms with Gasteiger partial charge in [-0.05, 0) is 73.2 Å². The van der Waals surface area contributed by atoms with E-state index in [1.54, 1.807) is 0 Å². The van der Waals surface area contributed by atoms with Gasteiger partial charge in [0.25, 0.3) is 0 Å². The molecule has 0 radical (unpaired) electrons. The summed E-state index contributed by atoms with van der Waals surface area (Å²) in [5.74, 6) is 0. The number of rotatable bonds is 2. The van der Waals surface area contributed by atoms with Crippen LogP contribution in [0.4, 0.5) is 22.7 Å². The molecule has 2 aromatic heterocycles. The summed E-state index contributed by atoms with van der Waals surface area (Å²) < 4.78 is 0. The quantitative estimate of drug-likeness (QED) is 0.400. The highest BCUT2D eigenvalue weighted by Crippen LogP contribution is 2.35. The van der Waals surface area contributed by atoms with E-state index in [1.807, 2.05) is 24.5 Å². The SMILES string of the molecule is N#CCCN1c2ccccc2CCc2ncccc21.c1ccc2c(c1)CCc1ncccc1N2. The lowest BCUT2D eigenvalue weighted by Gasteiger charge is -2.25. The van der Waals surface area contributed by atoms with Crippen LogP contribution in [-0.2, 0) is 25.7 Å². The Balaban J connectivity index is 0.000000145. The molecule has 0 saturated heterocycles. The van der Waals surface area contributed by atoms with Crippen LogP contribution in [0.2, 0.25) is 0 Å². The summed E-state index contributed by atoms with van der Waals surface area (Å²) in [4.78, 5) is 11.1. The van der Waals surface area contributed by atoms with Crippen LogP contribution in [-0.4, -0.2) is 16.5 Å². The third-order valence-corrected chi connectivity index (χ3v) is 6.33. The van der Waals surface area contributed by atoms with Crippen LogP contribution in [0.15, 0.2) is 85.2 Å². The maximum absolute atomic E-state index is 8.87. The normalized spacial score (nSPS) is 13.2. The molecular weight excluding hydrogens is 418 g/mol. The topological polar surface area (TPSA) is 64.8 Å².